The van der Waals surface area contributed by atoms with E-state index in [-0.39, 0.29) is 11.9 Å². The summed E-state index contributed by atoms with van der Waals surface area (Å²) in [6, 6.07) is 15.0. The fraction of sp³-hybridized carbons (Fsp3) is 0.188. The van der Waals surface area contributed by atoms with Crippen LogP contribution in [0.3, 0.4) is 0 Å². The highest BCUT2D eigenvalue weighted by atomic mass is 35.5. The van der Waals surface area contributed by atoms with Crippen molar-refractivity contribution in [1.29, 1.82) is 0 Å². The minimum absolute atomic E-state index is 0.0672. The van der Waals surface area contributed by atoms with Gasteiger partial charge in [0.05, 0.1) is 11.6 Å². The Bertz CT molecular complexity index is 615. The second kappa shape index (κ2) is 6.82. The van der Waals surface area contributed by atoms with Crippen LogP contribution in [0.1, 0.15) is 28.9 Å². The van der Waals surface area contributed by atoms with Crippen molar-refractivity contribution < 1.29 is 4.79 Å². The molecule has 104 valence electrons. The first-order chi connectivity index (χ1) is 9.61. The molecule has 2 nitrogen and oxygen atoms in total. The summed E-state index contributed by atoms with van der Waals surface area (Å²) in [5.74, 6) is -0.0672. The molecule has 0 saturated heterocycles. The van der Waals surface area contributed by atoms with Crippen LogP contribution in [-0.4, -0.2) is 12.2 Å². The van der Waals surface area contributed by atoms with Gasteiger partial charge < -0.3 is 5.32 Å². The summed E-state index contributed by atoms with van der Waals surface area (Å²) in [6.45, 7) is 1.95. The van der Waals surface area contributed by atoms with E-state index in [2.05, 4.69) is 5.32 Å². The Morgan fingerprint density at radius 2 is 1.95 bits per heavy atom. The fourth-order valence-corrected chi connectivity index (χ4v) is 2.76. The molecular formula is C16H16ClNOS. The summed E-state index contributed by atoms with van der Waals surface area (Å²) in [5.41, 5.74) is 1.70. The topological polar surface area (TPSA) is 29.1 Å². The van der Waals surface area contributed by atoms with Gasteiger partial charge >= 0.3 is 0 Å². The van der Waals surface area contributed by atoms with E-state index in [1.54, 1.807) is 11.8 Å². The number of rotatable bonds is 4. The van der Waals surface area contributed by atoms with E-state index >= 15 is 0 Å². The van der Waals surface area contributed by atoms with E-state index in [0.717, 1.165) is 10.5 Å². The lowest BCUT2D eigenvalue weighted by atomic mass is 10.1. The van der Waals surface area contributed by atoms with Crippen molar-refractivity contribution in [1.82, 2.24) is 5.32 Å². The lowest BCUT2D eigenvalue weighted by Gasteiger charge is -2.15. The van der Waals surface area contributed by atoms with Gasteiger partial charge in [-0.25, -0.2) is 0 Å². The van der Waals surface area contributed by atoms with Crippen molar-refractivity contribution in [3.05, 3.63) is 64.7 Å². The van der Waals surface area contributed by atoms with Gasteiger partial charge in [-0.2, -0.15) is 0 Å². The van der Waals surface area contributed by atoms with Gasteiger partial charge in [0.1, 0.15) is 0 Å². The van der Waals surface area contributed by atoms with Crippen molar-refractivity contribution in [2.45, 2.75) is 17.9 Å². The maximum Gasteiger partial charge on any atom is 0.252 e. The zero-order chi connectivity index (χ0) is 14.5. The Morgan fingerprint density at radius 3 is 2.65 bits per heavy atom. The standard InChI is InChI=1S/C16H16ClNOS/c1-11(12-6-5-7-13(17)10-12)18-16(19)14-8-3-4-9-15(14)20-2/h3-11H,1-2H3,(H,18,19). The van der Waals surface area contributed by atoms with Gasteiger partial charge in [-0.3, -0.25) is 4.79 Å². The van der Waals surface area contributed by atoms with Gasteiger partial charge in [0.25, 0.3) is 5.91 Å². The largest absolute Gasteiger partial charge is 0.345 e. The van der Waals surface area contributed by atoms with Crippen LogP contribution in [0.2, 0.25) is 5.02 Å². The average Bonchev–Trinajstić information content (AvgIpc) is 2.47. The van der Waals surface area contributed by atoms with Gasteiger partial charge in [-0.1, -0.05) is 35.9 Å². The molecule has 1 atom stereocenters. The molecule has 0 spiro atoms. The molecule has 0 aliphatic heterocycles. The highest BCUT2D eigenvalue weighted by Gasteiger charge is 2.14. The number of benzene rings is 2. The van der Waals surface area contributed by atoms with Crippen molar-refractivity contribution in [2.75, 3.05) is 6.26 Å². The number of amides is 1. The molecule has 20 heavy (non-hydrogen) atoms. The molecule has 1 amide bonds. The molecule has 1 N–H and O–H groups in total. The Labute approximate surface area is 128 Å². The van der Waals surface area contributed by atoms with Gasteiger partial charge in [-0.05, 0) is 43.0 Å². The van der Waals surface area contributed by atoms with Crippen molar-refractivity contribution in [2.24, 2.45) is 0 Å². The SMILES string of the molecule is CSc1ccccc1C(=O)NC(C)c1cccc(Cl)c1. The highest BCUT2D eigenvalue weighted by Crippen LogP contribution is 2.22. The van der Waals surface area contributed by atoms with Gasteiger partial charge in [0.2, 0.25) is 0 Å². The molecule has 1 unspecified atom stereocenters. The molecule has 0 aliphatic rings. The summed E-state index contributed by atoms with van der Waals surface area (Å²) >= 11 is 7.54. The maximum atomic E-state index is 12.3. The number of hydrogen-bond donors (Lipinski definition) is 1. The third kappa shape index (κ3) is 3.56. The molecule has 0 heterocycles. The molecule has 0 aliphatic carbocycles. The van der Waals surface area contributed by atoms with Crippen LogP contribution in [0, 0.1) is 0 Å². The molecule has 2 rings (SSSR count). The first-order valence-corrected chi connectivity index (χ1v) is 7.91. The highest BCUT2D eigenvalue weighted by molar-refractivity contribution is 7.98. The number of nitrogens with one attached hydrogen (secondary N) is 1. The van der Waals surface area contributed by atoms with Crippen LogP contribution in [0.5, 0.6) is 0 Å². The summed E-state index contributed by atoms with van der Waals surface area (Å²) in [4.78, 5) is 13.3. The smallest absolute Gasteiger partial charge is 0.252 e. The summed E-state index contributed by atoms with van der Waals surface area (Å²) in [7, 11) is 0. The minimum atomic E-state index is -0.0869. The summed E-state index contributed by atoms with van der Waals surface area (Å²) in [6.07, 6.45) is 1.96. The monoisotopic (exact) mass is 305 g/mol. The van der Waals surface area contributed by atoms with Crippen molar-refractivity contribution in [3.8, 4) is 0 Å². The molecule has 0 saturated carbocycles. The van der Waals surface area contributed by atoms with E-state index < -0.39 is 0 Å². The summed E-state index contributed by atoms with van der Waals surface area (Å²) in [5, 5.41) is 3.68. The molecule has 4 heteroatoms. The molecule has 0 radical (unpaired) electrons. The van der Waals surface area contributed by atoms with E-state index in [4.69, 9.17) is 11.6 Å². The number of carbonyl (C=O) groups is 1. The first kappa shape index (κ1) is 14.9. The second-order valence-electron chi connectivity index (χ2n) is 4.45. The molecule has 0 aromatic heterocycles. The van der Waals surface area contributed by atoms with Crippen LogP contribution in [-0.2, 0) is 0 Å². The quantitative estimate of drug-likeness (QED) is 0.839. The van der Waals surface area contributed by atoms with Gasteiger partial charge in [0.15, 0.2) is 0 Å². The lowest BCUT2D eigenvalue weighted by Crippen LogP contribution is -2.27. The third-order valence-corrected chi connectivity index (χ3v) is 4.08. The number of hydrogen-bond acceptors (Lipinski definition) is 2. The maximum absolute atomic E-state index is 12.3. The molecule has 2 aromatic rings. The molecule has 0 bridgehead atoms. The summed E-state index contributed by atoms with van der Waals surface area (Å²) < 4.78 is 0. The van der Waals surface area contributed by atoms with E-state index in [1.165, 1.54) is 0 Å². The first-order valence-electron chi connectivity index (χ1n) is 6.31. The molecule has 2 aromatic carbocycles. The Kier molecular flexibility index (Phi) is 5.10. The molecule has 0 fully saturated rings. The number of halogens is 1. The predicted molar refractivity (Wildman–Crippen MR) is 85.6 cm³/mol. The number of thioether (sulfide) groups is 1. The lowest BCUT2D eigenvalue weighted by molar-refractivity contribution is 0.0937. The van der Waals surface area contributed by atoms with Crippen molar-refractivity contribution in [3.63, 3.8) is 0 Å². The van der Waals surface area contributed by atoms with Crippen molar-refractivity contribution >= 4 is 29.3 Å². The van der Waals surface area contributed by atoms with E-state index in [0.29, 0.717) is 10.6 Å². The Balaban J connectivity index is 2.15. The second-order valence-corrected chi connectivity index (χ2v) is 5.73. The van der Waals surface area contributed by atoms with Gasteiger partial charge in [0, 0.05) is 9.92 Å². The Hall–Kier alpha value is -1.45. The van der Waals surface area contributed by atoms with Crippen LogP contribution in [0.4, 0.5) is 0 Å². The fourth-order valence-electron chi connectivity index (χ4n) is 1.97. The predicted octanol–water partition coefficient (Wildman–Crippen LogP) is 4.55. The molecular weight excluding hydrogens is 290 g/mol. The minimum Gasteiger partial charge on any atom is -0.345 e. The van der Waals surface area contributed by atoms with Crippen LogP contribution < -0.4 is 5.32 Å². The zero-order valence-corrected chi connectivity index (χ0v) is 13.0. The van der Waals surface area contributed by atoms with Gasteiger partial charge in [-0.15, -0.1) is 11.8 Å². The normalized spacial score (nSPS) is 11.9. The third-order valence-electron chi connectivity index (χ3n) is 3.05. The van der Waals surface area contributed by atoms with E-state index in [9.17, 15) is 4.79 Å². The Morgan fingerprint density at radius 1 is 1.20 bits per heavy atom. The van der Waals surface area contributed by atoms with Crippen LogP contribution >= 0.6 is 23.4 Å². The average molecular weight is 306 g/mol. The number of carbonyl (C=O) groups excluding carboxylic acids is 1. The van der Waals surface area contributed by atoms with E-state index in [1.807, 2.05) is 61.7 Å². The van der Waals surface area contributed by atoms with Crippen LogP contribution in [0.15, 0.2) is 53.4 Å². The van der Waals surface area contributed by atoms with Crippen LogP contribution in [0.25, 0.3) is 0 Å². The zero-order valence-electron chi connectivity index (χ0n) is 11.4.